The summed E-state index contributed by atoms with van der Waals surface area (Å²) in [5, 5.41) is 0. The first-order valence-corrected chi connectivity index (χ1v) is 12.3. The van der Waals surface area contributed by atoms with Gasteiger partial charge in [0.2, 0.25) is 0 Å². The Hall–Kier alpha value is -2.96. The van der Waals surface area contributed by atoms with Crippen LogP contribution >= 0.6 is 0 Å². The molecular weight excluding hydrogens is 440 g/mol. The van der Waals surface area contributed by atoms with Crippen molar-refractivity contribution in [1.82, 2.24) is 9.80 Å². The van der Waals surface area contributed by atoms with Crippen LogP contribution in [0.25, 0.3) is 0 Å². The van der Waals surface area contributed by atoms with Crippen LogP contribution in [0.4, 0.5) is 0 Å². The van der Waals surface area contributed by atoms with Crippen molar-refractivity contribution in [2.75, 3.05) is 33.8 Å². The van der Waals surface area contributed by atoms with E-state index in [9.17, 15) is 9.59 Å². The Kier molecular flexibility index (Phi) is 7.43. The predicted octanol–water partition coefficient (Wildman–Crippen LogP) is 4.45. The third kappa shape index (κ3) is 4.78. The Morgan fingerprint density at radius 3 is 2.63 bits per heavy atom. The van der Waals surface area contributed by atoms with E-state index < -0.39 is 5.60 Å². The number of piperidine rings is 1. The number of carbonyl (C=O) groups is 2. The van der Waals surface area contributed by atoms with Crippen molar-refractivity contribution in [3.05, 3.63) is 78.4 Å². The highest BCUT2D eigenvalue weighted by Gasteiger charge is 2.59. The lowest BCUT2D eigenvalue weighted by atomic mass is 9.55. The zero-order valence-corrected chi connectivity index (χ0v) is 21.0. The fourth-order valence-electron chi connectivity index (χ4n) is 6.21. The lowest BCUT2D eigenvalue weighted by Crippen LogP contribution is -2.68. The normalized spacial score (nSPS) is 26.4. The fraction of sp³-hybridized carbons (Fsp3) is 0.448. The second-order valence-electron chi connectivity index (χ2n) is 9.85. The van der Waals surface area contributed by atoms with Gasteiger partial charge in [-0.2, -0.15) is 0 Å². The van der Waals surface area contributed by atoms with Gasteiger partial charge in [-0.05, 0) is 62.1 Å². The Balaban J connectivity index is 1.73. The van der Waals surface area contributed by atoms with Gasteiger partial charge < -0.3 is 14.4 Å². The van der Waals surface area contributed by atoms with Crippen molar-refractivity contribution in [2.24, 2.45) is 0 Å². The zero-order chi connectivity index (χ0) is 25.1. The van der Waals surface area contributed by atoms with E-state index in [-0.39, 0.29) is 23.3 Å². The van der Waals surface area contributed by atoms with Crippen LogP contribution < -0.4 is 4.74 Å². The molecular formula is C29H36N2O4. The van der Waals surface area contributed by atoms with E-state index in [1.54, 1.807) is 7.11 Å². The average Bonchev–Trinajstić information content (AvgIpc) is 2.88. The molecule has 186 valence electrons. The number of carbonyl (C=O) groups excluding carboxylic acids is 2. The van der Waals surface area contributed by atoms with Gasteiger partial charge in [-0.3, -0.25) is 14.5 Å². The summed E-state index contributed by atoms with van der Waals surface area (Å²) in [5.74, 6) is 0.236. The first-order valence-electron chi connectivity index (χ1n) is 12.3. The monoisotopic (exact) mass is 476 g/mol. The molecule has 1 aliphatic carbocycles. The molecule has 6 heteroatoms. The molecule has 2 fully saturated rings. The standard InChI is InChI=1S/C29H36N2O4/c1-5-17-31-18-16-28(24-12-9-13-26(19-24)35-22(2)32)20-25(14-15-29(28,21-31)34-4)30(3)27(33)23-10-7-6-8-11-23/h5-13,19,25H,1,14-18,20-21H2,2-4H3. The smallest absolute Gasteiger partial charge is 0.308 e. The van der Waals surface area contributed by atoms with Crippen molar-refractivity contribution in [2.45, 2.75) is 49.7 Å². The van der Waals surface area contributed by atoms with Crippen LogP contribution in [-0.4, -0.2) is 67.1 Å². The summed E-state index contributed by atoms with van der Waals surface area (Å²) < 4.78 is 11.9. The molecule has 35 heavy (non-hydrogen) atoms. The van der Waals surface area contributed by atoms with Gasteiger partial charge in [-0.15, -0.1) is 6.58 Å². The highest BCUT2D eigenvalue weighted by atomic mass is 16.5. The number of amides is 1. The fourth-order valence-corrected chi connectivity index (χ4v) is 6.21. The van der Waals surface area contributed by atoms with Gasteiger partial charge in [-0.1, -0.05) is 36.4 Å². The summed E-state index contributed by atoms with van der Waals surface area (Å²) in [6.45, 7) is 7.84. The summed E-state index contributed by atoms with van der Waals surface area (Å²) in [5.41, 5.74) is 1.05. The van der Waals surface area contributed by atoms with E-state index in [4.69, 9.17) is 9.47 Å². The lowest BCUT2D eigenvalue weighted by molar-refractivity contribution is -0.151. The third-order valence-corrected chi connectivity index (χ3v) is 7.99. The van der Waals surface area contributed by atoms with Crippen LogP contribution in [0.1, 0.15) is 48.5 Å². The number of fused-ring (bicyclic) bond motifs is 1. The SMILES string of the molecule is C=CCN1CCC2(c3cccc(OC(C)=O)c3)CC(N(C)C(=O)c3ccccc3)CCC2(OC)C1. The van der Waals surface area contributed by atoms with Gasteiger partial charge in [0, 0.05) is 51.2 Å². The number of methoxy groups -OCH3 is 1. The molecule has 0 spiro atoms. The van der Waals surface area contributed by atoms with E-state index >= 15 is 0 Å². The van der Waals surface area contributed by atoms with Crippen LogP contribution in [-0.2, 0) is 14.9 Å². The number of hydrogen-bond donors (Lipinski definition) is 0. The summed E-state index contributed by atoms with van der Waals surface area (Å²) >= 11 is 0. The minimum absolute atomic E-state index is 0.0356. The number of rotatable bonds is 7. The van der Waals surface area contributed by atoms with E-state index in [0.717, 1.165) is 50.9 Å². The molecule has 1 saturated heterocycles. The number of hydrogen-bond acceptors (Lipinski definition) is 5. The topological polar surface area (TPSA) is 59.1 Å². The van der Waals surface area contributed by atoms with Gasteiger partial charge in [0.25, 0.3) is 5.91 Å². The quantitative estimate of drug-likeness (QED) is 0.336. The molecule has 1 aliphatic heterocycles. The molecule has 1 amide bonds. The van der Waals surface area contributed by atoms with Crippen molar-refractivity contribution in [3.63, 3.8) is 0 Å². The Bertz CT molecular complexity index is 1070. The molecule has 3 atom stereocenters. The summed E-state index contributed by atoms with van der Waals surface area (Å²) in [4.78, 5) is 29.3. The molecule has 0 aromatic heterocycles. The maximum atomic E-state index is 13.3. The summed E-state index contributed by atoms with van der Waals surface area (Å²) in [6.07, 6.45) is 5.28. The molecule has 1 saturated carbocycles. The second kappa shape index (κ2) is 10.3. The van der Waals surface area contributed by atoms with E-state index in [1.807, 2.05) is 66.6 Å². The van der Waals surface area contributed by atoms with Gasteiger partial charge in [-0.25, -0.2) is 0 Å². The molecule has 0 N–H and O–H groups in total. The molecule has 0 bridgehead atoms. The molecule has 2 aromatic rings. The molecule has 4 rings (SSSR count). The molecule has 3 unspecified atom stereocenters. The minimum atomic E-state index is -0.420. The number of ether oxygens (including phenoxy) is 2. The largest absolute Gasteiger partial charge is 0.427 e. The zero-order valence-electron chi connectivity index (χ0n) is 21.0. The van der Waals surface area contributed by atoms with Crippen LogP contribution in [0.5, 0.6) is 5.75 Å². The Morgan fingerprint density at radius 2 is 1.94 bits per heavy atom. The molecule has 0 radical (unpaired) electrons. The summed E-state index contributed by atoms with van der Waals surface area (Å²) in [7, 11) is 3.72. The van der Waals surface area contributed by atoms with E-state index in [1.165, 1.54) is 6.92 Å². The van der Waals surface area contributed by atoms with Crippen LogP contribution in [0.15, 0.2) is 67.3 Å². The number of benzene rings is 2. The van der Waals surface area contributed by atoms with Gasteiger partial charge in [0.15, 0.2) is 0 Å². The molecule has 2 aliphatic rings. The van der Waals surface area contributed by atoms with Crippen molar-refractivity contribution < 1.29 is 19.1 Å². The van der Waals surface area contributed by atoms with E-state index in [0.29, 0.717) is 11.3 Å². The Morgan fingerprint density at radius 1 is 1.17 bits per heavy atom. The van der Waals surface area contributed by atoms with Gasteiger partial charge >= 0.3 is 5.97 Å². The average molecular weight is 477 g/mol. The molecule has 1 heterocycles. The van der Waals surface area contributed by atoms with Gasteiger partial charge in [0.1, 0.15) is 5.75 Å². The Labute approximate surface area is 208 Å². The number of esters is 1. The van der Waals surface area contributed by atoms with Gasteiger partial charge in [0.05, 0.1) is 5.60 Å². The first kappa shape index (κ1) is 25.1. The highest BCUT2D eigenvalue weighted by molar-refractivity contribution is 5.94. The van der Waals surface area contributed by atoms with Crippen molar-refractivity contribution in [1.29, 1.82) is 0 Å². The highest BCUT2D eigenvalue weighted by Crippen LogP contribution is 2.54. The molecule has 6 nitrogen and oxygen atoms in total. The van der Waals surface area contributed by atoms with Crippen LogP contribution in [0.3, 0.4) is 0 Å². The first-order chi connectivity index (χ1) is 16.8. The minimum Gasteiger partial charge on any atom is -0.427 e. The maximum absolute atomic E-state index is 13.3. The maximum Gasteiger partial charge on any atom is 0.308 e. The summed E-state index contributed by atoms with van der Waals surface area (Å²) in [6, 6.07) is 17.4. The van der Waals surface area contributed by atoms with E-state index in [2.05, 4.69) is 17.5 Å². The lowest BCUT2D eigenvalue weighted by Gasteiger charge is -2.60. The number of nitrogens with zero attached hydrogens (tertiary/aromatic N) is 2. The molecule has 2 aromatic carbocycles. The second-order valence-corrected chi connectivity index (χ2v) is 9.85. The van der Waals surface area contributed by atoms with Crippen LogP contribution in [0, 0.1) is 0 Å². The van der Waals surface area contributed by atoms with Crippen molar-refractivity contribution >= 4 is 11.9 Å². The third-order valence-electron chi connectivity index (χ3n) is 7.99. The number of likely N-dealkylation sites (tertiary alicyclic amines) is 1. The van der Waals surface area contributed by atoms with Crippen molar-refractivity contribution in [3.8, 4) is 5.75 Å². The van der Waals surface area contributed by atoms with Crippen LogP contribution in [0.2, 0.25) is 0 Å². The predicted molar refractivity (Wildman–Crippen MR) is 137 cm³/mol.